The summed E-state index contributed by atoms with van der Waals surface area (Å²) in [5, 5.41) is 0. The molecule has 0 saturated heterocycles. The van der Waals surface area contributed by atoms with Crippen LogP contribution in [0, 0.1) is 0 Å². The number of nitrogens with zero attached hydrogens (tertiary/aromatic N) is 1. The Labute approximate surface area is 110 Å². The van der Waals surface area contributed by atoms with Gasteiger partial charge in [-0.15, -0.1) is 0 Å². The van der Waals surface area contributed by atoms with E-state index >= 15 is 0 Å². The van der Waals surface area contributed by atoms with E-state index in [2.05, 4.69) is 20.9 Å². The van der Waals surface area contributed by atoms with Crippen LogP contribution in [0.5, 0.6) is 5.75 Å². The fourth-order valence-electron chi connectivity index (χ4n) is 1.55. The summed E-state index contributed by atoms with van der Waals surface area (Å²) >= 11 is 3.37. The van der Waals surface area contributed by atoms with Gasteiger partial charge in [0.1, 0.15) is 10.4 Å². The third-order valence-corrected chi connectivity index (χ3v) is 2.68. The molecule has 0 N–H and O–H groups in total. The molecule has 0 atom stereocenters. The van der Waals surface area contributed by atoms with Crippen LogP contribution in [0.1, 0.15) is 13.8 Å². The minimum Gasteiger partial charge on any atom is -0.491 e. The first-order chi connectivity index (χ1) is 8.15. The highest BCUT2D eigenvalue weighted by Crippen LogP contribution is 2.22. The van der Waals surface area contributed by atoms with E-state index in [1.807, 2.05) is 56.3 Å². The Balaban J connectivity index is 2.23. The second-order valence-corrected chi connectivity index (χ2v) is 4.85. The lowest BCUT2D eigenvalue weighted by Crippen LogP contribution is -2.05. The maximum absolute atomic E-state index is 5.60. The van der Waals surface area contributed by atoms with Gasteiger partial charge in [-0.25, -0.2) is 4.98 Å². The minimum atomic E-state index is 0.199. The van der Waals surface area contributed by atoms with Crippen molar-refractivity contribution in [2.75, 3.05) is 0 Å². The highest BCUT2D eigenvalue weighted by molar-refractivity contribution is 9.10. The largest absolute Gasteiger partial charge is 0.491 e. The zero-order valence-electron chi connectivity index (χ0n) is 9.85. The van der Waals surface area contributed by atoms with E-state index in [-0.39, 0.29) is 6.10 Å². The molecule has 0 fully saturated rings. The molecule has 0 unspecified atom stereocenters. The summed E-state index contributed by atoms with van der Waals surface area (Å²) in [6, 6.07) is 13.9. The summed E-state index contributed by atoms with van der Waals surface area (Å²) in [5.74, 6) is 0.888. The topological polar surface area (TPSA) is 22.1 Å². The van der Waals surface area contributed by atoms with E-state index in [1.54, 1.807) is 0 Å². The van der Waals surface area contributed by atoms with Crippen LogP contribution >= 0.6 is 15.9 Å². The average Bonchev–Trinajstić information content (AvgIpc) is 2.29. The molecule has 2 nitrogen and oxygen atoms in total. The number of aromatic nitrogens is 1. The first-order valence-corrected chi connectivity index (χ1v) is 6.34. The van der Waals surface area contributed by atoms with Crippen molar-refractivity contribution in [3.63, 3.8) is 0 Å². The molecular weight excluding hydrogens is 278 g/mol. The molecule has 0 saturated carbocycles. The molecule has 2 rings (SSSR count). The van der Waals surface area contributed by atoms with Crippen LogP contribution in [0.2, 0.25) is 0 Å². The van der Waals surface area contributed by atoms with Crippen molar-refractivity contribution in [3.05, 3.63) is 47.1 Å². The summed E-state index contributed by atoms with van der Waals surface area (Å²) in [7, 11) is 0. The van der Waals surface area contributed by atoms with E-state index in [4.69, 9.17) is 4.74 Å². The van der Waals surface area contributed by atoms with Crippen molar-refractivity contribution >= 4 is 15.9 Å². The quantitative estimate of drug-likeness (QED) is 0.787. The average molecular weight is 292 g/mol. The summed E-state index contributed by atoms with van der Waals surface area (Å²) in [5.41, 5.74) is 2.04. The Morgan fingerprint density at radius 2 is 1.76 bits per heavy atom. The molecule has 1 aromatic carbocycles. The Hall–Kier alpha value is -1.35. The Bertz CT molecular complexity index is 494. The second-order valence-electron chi connectivity index (χ2n) is 4.04. The number of ether oxygens (including phenoxy) is 1. The van der Waals surface area contributed by atoms with Crippen molar-refractivity contribution in [2.24, 2.45) is 0 Å². The van der Waals surface area contributed by atoms with Crippen LogP contribution in [0.25, 0.3) is 11.3 Å². The van der Waals surface area contributed by atoms with Gasteiger partial charge < -0.3 is 4.74 Å². The predicted octanol–water partition coefficient (Wildman–Crippen LogP) is 4.30. The van der Waals surface area contributed by atoms with Gasteiger partial charge in [0.15, 0.2) is 0 Å². The normalized spacial score (nSPS) is 10.6. The van der Waals surface area contributed by atoms with Crippen molar-refractivity contribution in [3.8, 4) is 17.0 Å². The number of halogens is 1. The van der Waals surface area contributed by atoms with Gasteiger partial charge in [0.05, 0.1) is 11.8 Å². The van der Waals surface area contributed by atoms with Crippen LogP contribution in [0.3, 0.4) is 0 Å². The highest BCUT2D eigenvalue weighted by Gasteiger charge is 2.01. The van der Waals surface area contributed by atoms with Gasteiger partial charge in [0.25, 0.3) is 0 Å². The summed E-state index contributed by atoms with van der Waals surface area (Å²) in [6.45, 7) is 4.04. The van der Waals surface area contributed by atoms with Crippen molar-refractivity contribution in [1.29, 1.82) is 0 Å². The maximum Gasteiger partial charge on any atom is 0.119 e. The van der Waals surface area contributed by atoms with E-state index in [0.29, 0.717) is 0 Å². The van der Waals surface area contributed by atoms with Crippen LogP contribution in [0.15, 0.2) is 47.1 Å². The Morgan fingerprint density at radius 3 is 2.35 bits per heavy atom. The summed E-state index contributed by atoms with van der Waals surface area (Å²) < 4.78 is 6.44. The lowest BCUT2D eigenvalue weighted by molar-refractivity contribution is 0.242. The van der Waals surface area contributed by atoms with Gasteiger partial charge in [-0.3, -0.25) is 0 Å². The Kier molecular flexibility index (Phi) is 3.79. The molecule has 17 heavy (non-hydrogen) atoms. The molecule has 0 aliphatic carbocycles. The fraction of sp³-hybridized carbons (Fsp3) is 0.214. The van der Waals surface area contributed by atoms with Crippen LogP contribution in [-0.4, -0.2) is 11.1 Å². The van der Waals surface area contributed by atoms with Gasteiger partial charge in [-0.05, 0) is 66.2 Å². The van der Waals surface area contributed by atoms with E-state index in [9.17, 15) is 0 Å². The molecule has 0 aliphatic heterocycles. The van der Waals surface area contributed by atoms with Crippen molar-refractivity contribution in [1.82, 2.24) is 4.98 Å². The number of hydrogen-bond donors (Lipinski definition) is 0. The van der Waals surface area contributed by atoms with E-state index < -0.39 is 0 Å². The number of hydrogen-bond acceptors (Lipinski definition) is 2. The zero-order chi connectivity index (χ0) is 12.3. The molecule has 88 valence electrons. The third-order valence-electron chi connectivity index (χ3n) is 2.24. The number of benzene rings is 1. The lowest BCUT2D eigenvalue weighted by Gasteiger charge is -2.10. The standard InChI is InChI=1S/C14H14BrNO/c1-10(2)17-12-8-6-11(7-9-12)13-4-3-5-14(15)16-13/h3-10H,1-2H3. The van der Waals surface area contributed by atoms with Gasteiger partial charge in [-0.1, -0.05) is 6.07 Å². The lowest BCUT2D eigenvalue weighted by atomic mass is 10.1. The molecule has 0 spiro atoms. The van der Waals surface area contributed by atoms with Gasteiger partial charge in [0, 0.05) is 5.56 Å². The zero-order valence-corrected chi connectivity index (χ0v) is 11.4. The molecule has 0 amide bonds. The van der Waals surface area contributed by atoms with Gasteiger partial charge in [-0.2, -0.15) is 0 Å². The van der Waals surface area contributed by atoms with Crippen molar-refractivity contribution in [2.45, 2.75) is 20.0 Å². The molecule has 0 bridgehead atoms. The van der Waals surface area contributed by atoms with E-state index in [0.717, 1.165) is 21.6 Å². The third kappa shape index (κ3) is 3.30. The smallest absolute Gasteiger partial charge is 0.119 e. The molecule has 1 aromatic heterocycles. The predicted molar refractivity (Wildman–Crippen MR) is 73.1 cm³/mol. The van der Waals surface area contributed by atoms with Crippen LogP contribution in [0.4, 0.5) is 0 Å². The summed E-state index contributed by atoms with van der Waals surface area (Å²) in [6.07, 6.45) is 0.199. The minimum absolute atomic E-state index is 0.199. The molecule has 2 aromatic rings. The molecule has 1 heterocycles. The fourth-order valence-corrected chi connectivity index (χ4v) is 1.89. The first-order valence-electron chi connectivity index (χ1n) is 5.55. The Morgan fingerprint density at radius 1 is 1.06 bits per heavy atom. The molecule has 3 heteroatoms. The SMILES string of the molecule is CC(C)Oc1ccc(-c2cccc(Br)n2)cc1. The van der Waals surface area contributed by atoms with Gasteiger partial charge >= 0.3 is 0 Å². The molecule has 0 aliphatic rings. The second kappa shape index (κ2) is 5.32. The summed E-state index contributed by atoms with van der Waals surface area (Å²) in [4.78, 5) is 4.41. The number of pyridine rings is 1. The monoisotopic (exact) mass is 291 g/mol. The first kappa shape index (κ1) is 12.1. The van der Waals surface area contributed by atoms with Gasteiger partial charge in [0.2, 0.25) is 0 Å². The molecular formula is C14H14BrNO. The van der Waals surface area contributed by atoms with Crippen LogP contribution < -0.4 is 4.74 Å². The van der Waals surface area contributed by atoms with Crippen LogP contribution in [-0.2, 0) is 0 Å². The maximum atomic E-state index is 5.60. The number of rotatable bonds is 3. The highest BCUT2D eigenvalue weighted by atomic mass is 79.9. The van der Waals surface area contributed by atoms with E-state index in [1.165, 1.54) is 0 Å². The molecule has 0 radical (unpaired) electrons. The van der Waals surface area contributed by atoms with Crippen molar-refractivity contribution < 1.29 is 4.74 Å².